The minimum atomic E-state index is -1.15. The van der Waals surface area contributed by atoms with Crippen LogP contribution in [0.25, 0.3) is 0 Å². The molecule has 0 saturated heterocycles. The van der Waals surface area contributed by atoms with Crippen molar-refractivity contribution in [2.24, 2.45) is 17.1 Å². The fraction of sp³-hybridized carbons (Fsp3) is 0.500. The van der Waals surface area contributed by atoms with Crippen molar-refractivity contribution in [3.8, 4) is 0 Å². The Hall–Kier alpha value is -1.62. The van der Waals surface area contributed by atoms with E-state index < -0.39 is 23.3 Å². The third-order valence-electron chi connectivity index (χ3n) is 3.35. The molecule has 0 bridgehead atoms. The molecule has 0 heterocycles. The lowest BCUT2D eigenvalue weighted by molar-refractivity contribution is -0.149. The van der Waals surface area contributed by atoms with Gasteiger partial charge in [-0.2, -0.15) is 0 Å². The van der Waals surface area contributed by atoms with Crippen molar-refractivity contribution in [3.63, 3.8) is 0 Å². The number of carboxylic acids is 2. The lowest BCUT2D eigenvalue weighted by Gasteiger charge is -2.34. The van der Waals surface area contributed by atoms with Crippen LogP contribution in [0.5, 0.6) is 0 Å². The first-order valence-electron chi connectivity index (χ1n) is 5.52. The van der Waals surface area contributed by atoms with Crippen LogP contribution in [0.15, 0.2) is 23.8 Å². The van der Waals surface area contributed by atoms with E-state index in [1.807, 2.05) is 0 Å². The summed E-state index contributed by atoms with van der Waals surface area (Å²) in [5.74, 6) is -2.63. The highest BCUT2D eigenvalue weighted by Gasteiger charge is 2.45. The van der Waals surface area contributed by atoms with Crippen molar-refractivity contribution in [2.45, 2.75) is 19.8 Å². The zero-order valence-corrected chi connectivity index (χ0v) is 9.72. The van der Waals surface area contributed by atoms with E-state index in [0.29, 0.717) is 19.4 Å². The summed E-state index contributed by atoms with van der Waals surface area (Å²) >= 11 is 0. The number of carboxylic acid groups (broad SMARTS) is 2. The summed E-state index contributed by atoms with van der Waals surface area (Å²) in [4.78, 5) is 22.5. The van der Waals surface area contributed by atoms with Crippen LogP contribution in [0.1, 0.15) is 19.8 Å². The van der Waals surface area contributed by atoms with Gasteiger partial charge in [0.25, 0.3) is 0 Å². The van der Waals surface area contributed by atoms with Gasteiger partial charge in [-0.1, -0.05) is 25.2 Å². The molecule has 0 fully saturated rings. The molecule has 17 heavy (non-hydrogen) atoms. The van der Waals surface area contributed by atoms with Crippen molar-refractivity contribution < 1.29 is 19.8 Å². The molecule has 0 aromatic rings. The van der Waals surface area contributed by atoms with Crippen LogP contribution in [-0.2, 0) is 9.59 Å². The summed E-state index contributed by atoms with van der Waals surface area (Å²) < 4.78 is 0. The van der Waals surface area contributed by atoms with E-state index in [1.165, 1.54) is 12.2 Å². The van der Waals surface area contributed by atoms with E-state index in [9.17, 15) is 14.7 Å². The Kier molecular flexibility index (Phi) is 4.07. The zero-order chi connectivity index (χ0) is 13.1. The number of carbonyl (C=O) groups is 2. The maximum atomic E-state index is 11.4. The number of aliphatic carboxylic acids is 2. The van der Waals surface area contributed by atoms with Gasteiger partial charge < -0.3 is 15.9 Å². The monoisotopic (exact) mass is 239 g/mol. The second-order valence-corrected chi connectivity index (χ2v) is 4.25. The Labute approximate surface area is 99.6 Å². The number of hydrogen-bond donors (Lipinski definition) is 3. The average Bonchev–Trinajstić information content (AvgIpc) is 2.27. The van der Waals surface area contributed by atoms with E-state index in [2.05, 4.69) is 0 Å². The fourth-order valence-electron chi connectivity index (χ4n) is 2.20. The highest BCUT2D eigenvalue weighted by atomic mass is 16.4. The second kappa shape index (κ2) is 5.14. The van der Waals surface area contributed by atoms with Gasteiger partial charge in [-0.15, -0.1) is 0 Å². The standard InChI is InChI=1S/C12H17NO4/c1-8-9(10(14)15)4-2-5-12(8,11(16)17)6-3-7-13/h2,4-5,8H,3,6-7,13H2,1H3,(H,14,15)(H,16,17). The molecule has 1 rings (SSSR count). The lowest BCUT2D eigenvalue weighted by Crippen LogP contribution is -2.39. The van der Waals surface area contributed by atoms with Gasteiger partial charge in [-0.25, -0.2) is 4.79 Å². The molecule has 5 heteroatoms. The molecule has 0 aromatic carbocycles. The molecular formula is C12H17NO4. The average molecular weight is 239 g/mol. The van der Waals surface area contributed by atoms with Crippen molar-refractivity contribution in [1.29, 1.82) is 0 Å². The summed E-state index contributed by atoms with van der Waals surface area (Å²) in [5.41, 5.74) is 4.38. The summed E-state index contributed by atoms with van der Waals surface area (Å²) in [6, 6.07) is 0. The maximum Gasteiger partial charge on any atom is 0.331 e. The molecule has 94 valence electrons. The minimum absolute atomic E-state index is 0.131. The topological polar surface area (TPSA) is 101 Å². The molecule has 2 atom stereocenters. The summed E-state index contributed by atoms with van der Waals surface area (Å²) in [5, 5.41) is 18.4. The molecular weight excluding hydrogens is 222 g/mol. The number of hydrogen-bond acceptors (Lipinski definition) is 3. The van der Waals surface area contributed by atoms with Crippen molar-refractivity contribution in [3.05, 3.63) is 23.8 Å². The molecule has 1 aliphatic rings. The van der Waals surface area contributed by atoms with Crippen LogP contribution in [0, 0.1) is 11.3 Å². The minimum Gasteiger partial charge on any atom is -0.481 e. The van der Waals surface area contributed by atoms with Crippen LogP contribution < -0.4 is 5.73 Å². The van der Waals surface area contributed by atoms with E-state index in [-0.39, 0.29) is 5.57 Å². The predicted octanol–water partition coefficient (Wildman–Crippen LogP) is 1.01. The van der Waals surface area contributed by atoms with E-state index in [0.717, 1.165) is 0 Å². The van der Waals surface area contributed by atoms with Gasteiger partial charge in [-0.3, -0.25) is 4.79 Å². The number of nitrogens with two attached hydrogens (primary N) is 1. The summed E-state index contributed by atoms with van der Waals surface area (Å²) in [6.45, 7) is 2.02. The van der Waals surface area contributed by atoms with Crippen LogP contribution >= 0.6 is 0 Å². The first-order chi connectivity index (χ1) is 7.95. The predicted molar refractivity (Wildman–Crippen MR) is 62.4 cm³/mol. The smallest absolute Gasteiger partial charge is 0.331 e. The SMILES string of the molecule is CC1C(C(=O)O)=CC=CC1(CCCN)C(=O)O. The van der Waals surface area contributed by atoms with Crippen LogP contribution in [0.4, 0.5) is 0 Å². The van der Waals surface area contributed by atoms with Gasteiger partial charge in [0.1, 0.15) is 0 Å². The highest BCUT2D eigenvalue weighted by Crippen LogP contribution is 2.41. The van der Waals surface area contributed by atoms with E-state index in [4.69, 9.17) is 10.8 Å². The number of rotatable bonds is 5. The largest absolute Gasteiger partial charge is 0.481 e. The van der Waals surface area contributed by atoms with Crippen molar-refractivity contribution >= 4 is 11.9 Å². The molecule has 0 radical (unpaired) electrons. The van der Waals surface area contributed by atoms with E-state index >= 15 is 0 Å². The van der Waals surface area contributed by atoms with Gasteiger partial charge in [0, 0.05) is 11.5 Å². The molecule has 0 saturated carbocycles. The quantitative estimate of drug-likeness (QED) is 0.664. The first kappa shape index (κ1) is 13.4. The fourth-order valence-corrected chi connectivity index (χ4v) is 2.20. The normalized spacial score (nSPS) is 27.6. The van der Waals surface area contributed by atoms with Crippen LogP contribution in [0.2, 0.25) is 0 Å². The molecule has 0 amide bonds. The second-order valence-electron chi connectivity index (χ2n) is 4.25. The Morgan fingerprint density at radius 3 is 2.59 bits per heavy atom. The molecule has 0 aliphatic heterocycles. The lowest BCUT2D eigenvalue weighted by atomic mass is 9.67. The van der Waals surface area contributed by atoms with Gasteiger partial charge in [0.2, 0.25) is 0 Å². The van der Waals surface area contributed by atoms with Gasteiger partial charge >= 0.3 is 11.9 Å². The van der Waals surface area contributed by atoms with Crippen molar-refractivity contribution in [2.75, 3.05) is 6.54 Å². The zero-order valence-electron chi connectivity index (χ0n) is 9.72. The first-order valence-corrected chi connectivity index (χ1v) is 5.52. The molecule has 1 aliphatic carbocycles. The van der Waals surface area contributed by atoms with Gasteiger partial charge in [0.05, 0.1) is 5.41 Å². The van der Waals surface area contributed by atoms with Crippen LogP contribution in [0.3, 0.4) is 0 Å². The Morgan fingerprint density at radius 1 is 1.47 bits per heavy atom. The Morgan fingerprint density at radius 2 is 2.12 bits per heavy atom. The third-order valence-corrected chi connectivity index (χ3v) is 3.35. The van der Waals surface area contributed by atoms with E-state index in [1.54, 1.807) is 13.0 Å². The van der Waals surface area contributed by atoms with Gasteiger partial charge in [-0.05, 0) is 19.4 Å². The highest BCUT2D eigenvalue weighted by molar-refractivity contribution is 5.91. The van der Waals surface area contributed by atoms with Crippen molar-refractivity contribution in [1.82, 2.24) is 0 Å². The van der Waals surface area contributed by atoms with Crippen LogP contribution in [-0.4, -0.2) is 28.7 Å². The Balaban J connectivity index is 3.09. The molecule has 0 spiro atoms. The summed E-state index contributed by atoms with van der Waals surface area (Å²) in [7, 11) is 0. The number of allylic oxidation sites excluding steroid dienone is 2. The summed E-state index contributed by atoms with van der Waals surface area (Å²) in [6.07, 6.45) is 5.43. The third kappa shape index (κ3) is 2.39. The molecule has 2 unspecified atom stereocenters. The molecule has 4 N–H and O–H groups in total. The molecule has 5 nitrogen and oxygen atoms in total. The maximum absolute atomic E-state index is 11.4. The van der Waals surface area contributed by atoms with Gasteiger partial charge in [0.15, 0.2) is 0 Å². The molecule has 0 aromatic heterocycles. The Bertz CT molecular complexity index is 386.